The van der Waals surface area contributed by atoms with Gasteiger partial charge in [-0.05, 0) is 63.9 Å². The largest absolute Gasteiger partial charge is 0.498 e. The molecule has 0 rings (SSSR count). The minimum atomic E-state index is -4.55. The Hall–Kier alpha value is -2.26. The maximum Gasteiger partial charge on any atom is 0.472 e. The van der Waals surface area contributed by atoms with Crippen LogP contribution in [0, 0.1) is 0 Å². The van der Waals surface area contributed by atoms with E-state index in [4.69, 9.17) is 23.6 Å². The fourth-order valence-electron chi connectivity index (χ4n) is 5.65. The lowest BCUT2D eigenvalue weighted by molar-refractivity contribution is -0.153. The molecule has 0 saturated carbocycles. The second-order valence-corrected chi connectivity index (χ2v) is 15.9. The van der Waals surface area contributed by atoms with Gasteiger partial charge in [0.25, 0.3) is 0 Å². The molecule has 0 aromatic heterocycles. The van der Waals surface area contributed by atoms with Gasteiger partial charge in [-0.3, -0.25) is 13.8 Å². The number of carbonyl (C=O) groups is 1. The zero-order chi connectivity index (χ0) is 41.1. The lowest BCUT2D eigenvalue weighted by Crippen LogP contribution is -2.28. The summed E-state index contributed by atoms with van der Waals surface area (Å²) in [6.45, 7) is 2.70. The molecule has 9 nitrogen and oxygen atoms in total. The third kappa shape index (κ3) is 41.4. The molecular formula is C46H81O9P. The first kappa shape index (κ1) is 53.7. The number of hydrogen-bond acceptors (Lipinski definition) is 8. The summed E-state index contributed by atoms with van der Waals surface area (Å²) in [6.07, 6.45) is 51.0. The molecular weight excluding hydrogens is 727 g/mol. The second kappa shape index (κ2) is 42.3. The molecule has 0 aliphatic carbocycles. The van der Waals surface area contributed by atoms with Crippen LogP contribution < -0.4 is 0 Å². The average Bonchev–Trinajstić information content (AvgIpc) is 3.19. The van der Waals surface area contributed by atoms with Crippen molar-refractivity contribution in [2.45, 2.75) is 187 Å². The van der Waals surface area contributed by atoms with Crippen molar-refractivity contribution in [3.63, 3.8) is 0 Å². The number of aliphatic hydroxyl groups excluding tert-OH is 2. The van der Waals surface area contributed by atoms with Gasteiger partial charge < -0.3 is 24.6 Å². The van der Waals surface area contributed by atoms with Crippen molar-refractivity contribution < 1.29 is 43.0 Å². The Labute approximate surface area is 342 Å². The van der Waals surface area contributed by atoms with Crippen LogP contribution in [0.1, 0.15) is 174 Å². The molecule has 0 heterocycles. The van der Waals surface area contributed by atoms with Gasteiger partial charge in [0.05, 0.1) is 26.1 Å². The van der Waals surface area contributed by atoms with E-state index in [1.807, 2.05) is 12.2 Å². The zero-order valence-electron chi connectivity index (χ0n) is 35.3. The number of phosphoric ester groups is 1. The van der Waals surface area contributed by atoms with Crippen molar-refractivity contribution in [1.82, 2.24) is 0 Å². The van der Waals surface area contributed by atoms with Gasteiger partial charge in [-0.1, -0.05) is 171 Å². The molecule has 0 aliphatic rings. The Kier molecular flexibility index (Phi) is 40.6. The Morgan fingerprint density at radius 3 is 1.52 bits per heavy atom. The molecule has 0 aromatic carbocycles. The highest BCUT2D eigenvalue weighted by atomic mass is 31.2. The number of phosphoric acid groups is 1. The van der Waals surface area contributed by atoms with Crippen molar-refractivity contribution in [3.8, 4) is 0 Å². The van der Waals surface area contributed by atoms with E-state index in [2.05, 4.69) is 68.5 Å². The van der Waals surface area contributed by atoms with Crippen LogP contribution in [-0.4, -0.2) is 59.7 Å². The number of allylic oxidation sites excluding steroid dienone is 11. The third-order valence-electron chi connectivity index (χ3n) is 8.97. The number of esters is 1. The van der Waals surface area contributed by atoms with E-state index < -0.39 is 45.8 Å². The number of ether oxygens (including phenoxy) is 2. The van der Waals surface area contributed by atoms with Crippen molar-refractivity contribution in [2.24, 2.45) is 0 Å². The van der Waals surface area contributed by atoms with E-state index in [1.165, 1.54) is 96.3 Å². The smallest absolute Gasteiger partial charge is 0.472 e. The summed E-state index contributed by atoms with van der Waals surface area (Å²) in [5.74, 6) is -0.462. The molecule has 3 atom stereocenters. The van der Waals surface area contributed by atoms with E-state index in [9.17, 15) is 19.4 Å². The summed E-state index contributed by atoms with van der Waals surface area (Å²) in [6, 6.07) is 0. The molecule has 0 aliphatic heterocycles. The molecule has 3 N–H and O–H groups in total. The van der Waals surface area contributed by atoms with Crippen LogP contribution in [0.25, 0.3) is 0 Å². The summed E-state index contributed by atoms with van der Waals surface area (Å²) in [4.78, 5) is 22.5. The van der Waals surface area contributed by atoms with Crippen LogP contribution in [0.4, 0.5) is 0 Å². The molecule has 0 amide bonds. The predicted octanol–water partition coefficient (Wildman–Crippen LogP) is 12.5. The van der Waals surface area contributed by atoms with Crippen LogP contribution in [-0.2, 0) is 27.9 Å². The van der Waals surface area contributed by atoms with Gasteiger partial charge in [-0.25, -0.2) is 4.57 Å². The number of rotatable bonds is 41. The van der Waals surface area contributed by atoms with Gasteiger partial charge in [0.2, 0.25) is 0 Å². The predicted molar refractivity (Wildman–Crippen MR) is 232 cm³/mol. The van der Waals surface area contributed by atoms with Crippen LogP contribution in [0.5, 0.6) is 0 Å². The summed E-state index contributed by atoms with van der Waals surface area (Å²) in [7, 11) is -4.55. The molecule has 10 heteroatoms. The maximum absolute atomic E-state index is 12.6. The summed E-state index contributed by atoms with van der Waals surface area (Å²) >= 11 is 0. The number of carbonyl (C=O) groups excluding carboxylic acids is 1. The zero-order valence-corrected chi connectivity index (χ0v) is 36.2. The van der Waals surface area contributed by atoms with Gasteiger partial charge >= 0.3 is 13.8 Å². The van der Waals surface area contributed by atoms with Crippen LogP contribution in [0.3, 0.4) is 0 Å². The minimum Gasteiger partial charge on any atom is -0.498 e. The quantitative estimate of drug-likeness (QED) is 0.0182. The molecule has 1 unspecified atom stereocenters. The molecule has 0 spiro atoms. The molecule has 0 fully saturated rings. The first-order valence-electron chi connectivity index (χ1n) is 22.0. The molecule has 324 valence electrons. The lowest BCUT2D eigenvalue weighted by atomic mass is 10.0. The van der Waals surface area contributed by atoms with Gasteiger partial charge in [-0.2, -0.15) is 0 Å². The average molecular weight is 809 g/mol. The van der Waals surface area contributed by atoms with Crippen molar-refractivity contribution in [2.75, 3.05) is 26.4 Å². The fraction of sp³-hybridized carbons (Fsp3) is 0.717. The molecule has 0 aromatic rings. The van der Waals surface area contributed by atoms with Crippen molar-refractivity contribution in [3.05, 3.63) is 73.1 Å². The SMILES string of the molecule is CC/C=C\C/C=C\C/C=C\C/C=C\C/C=C\CCCC(=O)O[C@H](CO/C=C\CCCCCCCCCCCCCCCCCC)COP(=O)(O)OC[C@@H](O)CO. The first-order valence-corrected chi connectivity index (χ1v) is 23.5. The Morgan fingerprint density at radius 1 is 0.571 bits per heavy atom. The topological polar surface area (TPSA) is 132 Å². The Bertz CT molecular complexity index is 1100. The van der Waals surface area contributed by atoms with Crippen LogP contribution in [0.15, 0.2) is 73.1 Å². The highest BCUT2D eigenvalue weighted by Gasteiger charge is 2.26. The van der Waals surface area contributed by atoms with Gasteiger partial charge in [0.15, 0.2) is 6.10 Å². The lowest BCUT2D eigenvalue weighted by Gasteiger charge is -2.20. The van der Waals surface area contributed by atoms with E-state index in [0.29, 0.717) is 6.42 Å². The maximum atomic E-state index is 12.6. The first-order chi connectivity index (χ1) is 27.3. The van der Waals surface area contributed by atoms with Gasteiger partial charge in [0, 0.05) is 6.42 Å². The standard InChI is InChI=1S/C46H81O9P/c1-3-5-7-9-11-13-15-17-19-21-23-25-27-29-31-33-35-37-39-52-42-45(43-54-56(50,51)53-41-44(48)40-47)55-46(49)38-36-34-32-30-28-26-24-22-20-18-16-14-12-10-8-6-4-2/h6,8,12,14,18,20,24,26,30,32,37,39,44-45,47-48H,3-5,7,9-11,13,15-17,19,21-23,25,27-29,31,33-36,38,40-43H2,1-2H3,(H,50,51)/b8-6-,14-12-,20-18-,26-24-,32-30-,39-37-/t44-,45+/m0/s1. The molecule has 0 saturated heterocycles. The number of unbranched alkanes of at least 4 members (excludes halogenated alkanes) is 17. The summed E-state index contributed by atoms with van der Waals surface area (Å²) < 4.78 is 33.1. The van der Waals surface area contributed by atoms with Crippen molar-refractivity contribution >= 4 is 13.8 Å². The van der Waals surface area contributed by atoms with E-state index in [1.54, 1.807) is 6.26 Å². The highest BCUT2D eigenvalue weighted by molar-refractivity contribution is 7.47. The summed E-state index contributed by atoms with van der Waals surface area (Å²) in [5.41, 5.74) is 0. The van der Waals surface area contributed by atoms with Crippen LogP contribution in [0.2, 0.25) is 0 Å². The molecule has 0 bridgehead atoms. The van der Waals surface area contributed by atoms with Crippen LogP contribution >= 0.6 is 7.82 Å². The number of hydrogen-bond donors (Lipinski definition) is 3. The Balaban J connectivity index is 4.31. The van der Waals surface area contributed by atoms with Gasteiger partial charge in [-0.15, -0.1) is 0 Å². The highest BCUT2D eigenvalue weighted by Crippen LogP contribution is 2.43. The normalized spacial score (nSPS) is 14.7. The second-order valence-electron chi connectivity index (χ2n) is 14.4. The van der Waals surface area contributed by atoms with E-state index in [-0.39, 0.29) is 13.0 Å². The molecule has 0 radical (unpaired) electrons. The third-order valence-corrected chi connectivity index (χ3v) is 9.92. The van der Waals surface area contributed by atoms with E-state index >= 15 is 0 Å². The van der Waals surface area contributed by atoms with E-state index in [0.717, 1.165) is 51.4 Å². The molecule has 56 heavy (non-hydrogen) atoms. The van der Waals surface area contributed by atoms with Crippen molar-refractivity contribution in [1.29, 1.82) is 0 Å². The monoisotopic (exact) mass is 809 g/mol. The fourth-order valence-corrected chi connectivity index (χ4v) is 6.44. The minimum absolute atomic E-state index is 0.0603. The summed E-state index contributed by atoms with van der Waals surface area (Å²) in [5, 5.41) is 18.3. The Morgan fingerprint density at radius 2 is 1.02 bits per heavy atom. The number of aliphatic hydroxyl groups is 2. The van der Waals surface area contributed by atoms with Gasteiger partial charge in [0.1, 0.15) is 12.7 Å².